The maximum Gasteiger partial charge on any atom is 0.106 e. The molecule has 1 fully saturated rings. The Hall–Kier alpha value is -1.15. The van der Waals surface area contributed by atoms with Crippen LogP contribution in [0.15, 0.2) is 24.3 Å². The first kappa shape index (κ1) is 15.9. The van der Waals surface area contributed by atoms with Gasteiger partial charge in [0, 0.05) is 12.1 Å². The Morgan fingerprint density at radius 3 is 2.58 bits per heavy atom. The molecular formula is C17H27NO. The molecule has 0 bridgehead atoms. The van der Waals surface area contributed by atoms with Gasteiger partial charge in [-0.05, 0) is 58.6 Å². The summed E-state index contributed by atoms with van der Waals surface area (Å²) in [6.45, 7) is 12.5. The van der Waals surface area contributed by atoms with Gasteiger partial charge >= 0.3 is 0 Å². The Bertz CT molecular complexity index is 389. The summed E-state index contributed by atoms with van der Waals surface area (Å²) in [4.78, 5) is 10.6. The van der Waals surface area contributed by atoms with Crippen LogP contribution in [0.2, 0.25) is 0 Å². The molecule has 0 N–H and O–H groups in total. The normalized spacial score (nSPS) is 23.8. The number of rotatable bonds is 2. The fraction of sp³-hybridized carbons (Fsp3) is 0.588. The lowest BCUT2D eigenvalue weighted by Gasteiger charge is -2.42. The molecule has 2 heteroatoms. The summed E-state index contributed by atoms with van der Waals surface area (Å²) in [5.41, 5.74) is 2.92. The first-order chi connectivity index (χ1) is 9.09. The van der Waals surface area contributed by atoms with E-state index in [1.807, 2.05) is 6.79 Å². The lowest BCUT2D eigenvalue weighted by Crippen LogP contribution is -2.46. The second-order valence-corrected chi connectivity index (χ2v) is 5.74. The van der Waals surface area contributed by atoms with Crippen LogP contribution >= 0.6 is 0 Å². The van der Waals surface area contributed by atoms with Crippen molar-refractivity contribution in [3.8, 4) is 0 Å². The Labute approximate surface area is 117 Å². The molecule has 2 rings (SSSR count). The van der Waals surface area contributed by atoms with Crippen molar-refractivity contribution in [3.63, 3.8) is 0 Å². The van der Waals surface area contributed by atoms with Crippen molar-refractivity contribution in [2.75, 3.05) is 6.54 Å². The molecule has 106 valence electrons. The van der Waals surface area contributed by atoms with Gasteiger partial charge in [0.2, 0.25) is 0 Å². The molecule has 2 nitrogen and oxygen atoms in total. The molecular weight excluding hydrogens is 234 g/mol. The molecule has 2 unspecified atom stereocenters. The Balaban J connectivity index is 0.000000861. The Kier molecular flexibility index (Phi) is 6.23. The third-order valence-electron chi connectivity index (χ3n) is 4.17. The maximum absolute atomic E-state index is 8.00. The van der Waals surface area contributed by atoms with Gasteiger partial charge in [0.25, 0.3) is 0 Å². The molecule has 19 heavy (non-hydrogen) atoms. The van der Waals surface area contributed by atoms with E-state index in [0.717, 1.165) is 0 Å². The molecule has 1 aromatic rings. The van der Waals surface area contributed by atoms with Crippen molar-refractivity contribution < 1.29 is 4.79 Å². The number of likely N-dealkylation sites (tertiary alicyclic amines) is 1. The summed E-state index contributed by atoms with van der Waals surface area (Å²) in [6, 6.07) is 10.4. The van der Waals surface area contributed by atoms with E-state index in [9.17, 15) is 0 Å². The topological polar surface area (TPSA) is 20.3 Å². The van der Waals surface area contributed by atoms with Crippen LogP contribution in [0.4, 0.5) is 0 Å². The minimum Gasteiger partial charge on any atom is -0.307 e. The van der Waals surface area contributed by atoms with Crippen molar-refractivity contribution in [3.05, 3.63) is 35.4 Å². The summed E-state index contributed by atoms with van der Waals surface area (Å²) in [6.07, 6.45) is 2.68. The number of carbonyl (C=O) groups is 1. The first-order valence-corrected chi connectivity index (χ1v) is 7.20. The average molecular weight is 261 g/mol. The van der Waals surface area contributed by atoms with E-state index in [1.54, 1.807) is 0 Å². The second-order valence-electron chi connectivity index (χ2n) is 5.74. The lowest BCUT2D eigenvalue weighted by molar-refractivity contribution is -0.0979. The molecule has 2 atom stereocenters. The maximum atomic E-state index is 8.00. The van der Waals surface area contributed by atoms with Crippen LogP contribution in [0.5, 0.6) is 0 Å². The standard InChI is InChI=1S/C16H25N.CH2O/c1-12(2)17-10-6-9-16(14(17)4)15-8-5-7-13(3)11-15;1-2/h5,7-8,11-12,14,16H,6,9-10H2,1-4H3;1H2. The van der Waals surface area contributed by atoms with Crippen LogP contribution < -0.4 is 0 Å². The number of aryl methyl sites for hydroxylation is 1. The van der Waals surface area contributed by atoms with Gasteiger partial charge < -0.3 is 4.79 Å². The number of carbonyl (C=O) groups excluding carboxylic acids is 1. The van der Waals surface area contributed by atoms with Gasteiger partial charge in [0.05, 0.1) is 0 Å². The summed E-state index contributed by atoms with van der Waals surface area (Å²) < 4.78 is 0. The zero-order valence-corrected chi connectivity index (χ0v) is 12.7. The predicted molar refractivity (Wildman–Crippen MR) is 81.6 cm³/mol. The van der Waals surface area contributed by atoms with E-state index in [1.165, 1.54) is 30.5 Å². The zero-order chi connectivity index (χ0) is 14.4. The summed E-state index contributed by atoms with van der Waals surface area (Å²) >= 11 is 0. The Morgan fingerprint density at radius 1 is 1.32 bits per heavy atom. The van der Waals surface area contributed by atoms with Gasteiger partial charge in [-0.1, -0.05) is 29.8 Å². The van der Waals surface area contributed by atoms with E-state index >= 15 is 0 Å². The molecule has 1 saturated heterocycles. The zero-order valence-electron chi connectivity index (χ0n) is 12.7. The highest BCUT2D eigenvalue weighted by Gasteiger charge is 2.30. The van der Waals surface area contributed by atoms with Crippen molar-refractivity contribution in [2.24, 2.45) is 0 Å². The molecule has 0 aliphatic carbocycles. The third kappa shape index (κ3) is 3.90. The summed E-state index contributed by atoms with van der Waals surface area (Å²) in [5, 5.41) is 0. The van der Waals surface area contributed by atoms with Crippen LogP contribution in [-0.2, 0) is 4.79 Å². The minimum atomic E-state index is 0.664. The van der Waals surface area contributed by atoms with E-state index in [4.69, 9.17) is 4.79 Å². The molecule has 0 amide bonds. The second kappa shape index (κ2) is 7.44. The van der Waals surface area contributed by atoms with Crippen LogP contribution in [0.1, 0.15) is 50.7 Å². The molecule has 0 radical (unpaired) electrons. The van der Waals surface area contributed by atoms with Crippen LogP contribution in [0.25, 0.3) is 0 Å². The van der Waals surface area contributed by atoms with E-state index in [0.29, 0.717) is 18.0 Å². The Morgan fingerprint density at radius 2 is 2.00 bits per heavy atom. The largest absolute Gasteiger partial charge is 0.307 e. The van der Waals surface area contributed by atoms with Crippen LogP contribution in [0.3, 0.4) is 0 Å². The number of hydrogen-bond donors (Lipinski definition) is 0. The van der Waals surface area contributed by atoms with E-state index in [-0.39, 0.29) is 0 Å². The van der Waals surface area contributed by atoms with Crippen LogP contribution in [-0.4, -0.2) is 30.3 Å². The highest BCUT2D eigenvalue weighted by Crippen LogP contribution is 2.33. The van der Waals surface area contributed by atoms with Gasteiger partial charge in [-0.25, -0.2) is 0 Å². The fourth-order valence-corrected chi connectivity index (χ4v) is 3.24. The molecule has 1 aliphatic heterocycles. The first-order valence-electron chi connectivity index (χ1n) is 7.20. The summed E-state index contributed by atoms with van der Waals surface area (Å²) in [7, 11) is 0. The number of benzene rings is 1. The molecule has 0 spiro atoms. The van der Waals surface area contributed by atoms with E-state index < -0.39 is 0 Å². The van der Waals surface area contributed by atoms with Crippen molar-refractivity contribution in [1.29, 1.82) is 0 Å². The van der Waals surface area contributed by atoms with Crippen molar-refractivity contribution >= 4 is 6.79 Å². The van der Waals surface area contributed by atoms with Gasteiger partial charge in [0.15, 0.2) is 0 Å². The number of nitrogens with zero attached hydrogens (tertiary/aromatic N) is 1. The lowest BCUT2D eigenvalue weighted by atomic mass is 9.83. The van der Waals surface area contributed by atoms with Crippen molar-refractivity contribution in [2.45, 2.75) is 58.5 Å². The molecule has 0 saturated carbocycles. The van der Waals surface area contributed by atoms with Gasteiger partial charge in [0.1, 0.15) is 6.79 Å². The van der Waals surface area contributed by atoms with Crippen molar-refractivity contribution in [1.82, 2.24) is 4.90 Å². The third-order valence-corrected chi connectivity index (χ3v) is 4.17. The monoisotopic (exact) mass is 261 g/mol. The SMILES string of the molecule is C=O.Cc1cccc(C2CCCN(C(C)C)C2C)c1. The molecule has 1 aromatic carbocycles. The van der Waals surface area contributed by atoms with Gasteiger partial charge in [-0.15, -0.1) is 0 Å². The van der Waals surface area contributed by atoms with Gasteiger partial charge in [-0.3, -0.25) is 4.90 Å². The average Bonchev–Trinajstić information content (AvgIpc) is 2.41. The smallest absolute Gasteiger partial charge is 0.106 e. The highest BCUT2D eigenvalue weighted by molar-refractivity contribution is 5.27. The quantitative estimate of drug-likeness (QED) is 0.807. The van der Waals surface area contributed by atoms with Crippen LogP contribution in [0, 0.1) is 6.92 Å². The molecule has 1 heterocycles. The minimum absolute atomic E-state index is 0.664. The van der Waals surface area contributed by atoms with Gasteiger partial charge in [-0.2, -0.15) is 0 Å². The molecule has 1 aliphatic rings. The predicted octanol–water partition coefficient (Wildman–Crippen LogP) is 3.79. The fourth-order valence-electron chi connectivity index (χ4n) is 3.24. The summed E-state index contributed by atoms with van der Waals surface area (Å²) in [5.74, 6) is 0.714. The number of hydrogen-bond acceptors (Lipinski definition) is 2. The molecule has 0 aromatic heterocycles. The van der Waals surface area contributed by atoms with E-state index in [2.05, 4.69) is 56.9 Å². The number of piperidine rings is 1. The highest BCUT2D eigenvalue weighted by atomic mass is 16.1.